The third kappa shape index (κ3) is 4.51. The number of hydrogen-bond donors (Lipinski definition) is 1. The summed E-state index contributed by atoms with van der Waals surface area (Å²) in [5.41, 5.74) is 5.99. The van der Waals surface area contributed by atoms with Crippen LogP contribution < -0.4 is 5.73 Å². The summed E-state index contributed by atoms with van der Waals surface area (Å²) in [4.78, 5) is 29.0. The molecule has 8 heteroatoms. The van der Waals surface area contributed by atoms with Gasteiger partial charge in [-0.2, -0.15) is 0 Å². The molecule has 1 amide bonds. The second-order valence-corrected chi connectivity index (χ2v) is 6.55. The van der Waals surface area contributed by atoms with E-state index in [0.29, 0.717) is 37.3 Å². The van der Waals surface area contributed by atoms with E-state index in [0.717, 1.165) is 25.5 Å². The molecule has 1 saturated heterocycles. The highest BCUT2D eigenvalue weighted by molar-refractivity contribution is 5.92. The molecule has 1 atom stereocenters. The van der Waals surface area contributed by atoms with E-state index >= 15 is 0 Å². The molecule has 2 aromatic heterocycles. The van der Waals surface area contributed by atoms with Gasteiger partial charge >= 0.3 is 0 Å². The van der Waals surface area contributed by atoms with Gasteiger partial charge in [0, 0.05) is 25.3 Å². The van der Waals surface area contributed by atoms with Gasteiger partial charge in [-0.1, -0.05) is 0 Å². The highest BCUT2D eigenvalue weighted by Gasteiger charge is 2.24. The zero-order valence-electron chi connectivity index (χ0n) is 14.8. The van der Waals surface area contributed by atoms with Crippen molar-refractivity contribution in [1.29, 1.82) is 0 Å². The lowest BCUT2D eigenvalue weighted by atomic mass is 10.1. The highest BCUT2D eigenvalue weighted by Crippen LogP contribution is 2.18. The molecular formula is C18H23FN6O. The van der Waals surface area contributed by atoms with Gasteiger partial charge in [0.1, 0.15) is 23.2 Å². The number of nitrogens with zero attached hydrogens (tertiary/aromatic N) is 5. The SMILES string of the molecule is CN(Cc1nccc(N)n1)C1CCCN(C(=O)c2ccc(F)cn2)CC1. The Morgan fingerprint density at radius 3 is 2.88 bits per heavy atom. The van der Waals surface area contributed by atoms with E-state index in [-0.39, 0.29) is 11.6 Å². The Morgan fingerprint density at radius 2 is 2.15 bits per heavy atom. The number of pyridine rings is 1. The third-order valence-corrected chi connectivity index (χ3v) is 4.67. The number of rotatable bonds is 4. The van der Waals surface area contributed by atoms with Gasteiger partial charge in [0.25, 0.3) is 5.91 Å². The van der Waals surface area contributed by atoms with Crippen LogP contribution in [0.25, 0.3) is 0 Å². The molecule has 0 spiro atoms. The minimum absolute atomic E-state index is 0.146. The monoisotopic (exact) mass is 358 g/mol. The molecule has 1 fully saturated rings. The highest BCUT2D eigenvalue weighted by atomic mass is 19.1. The molecule has 7 nitrogen and oxygen atoms in total. The molecule has 0 saturated carbocycles. The number of aromatic nitrogens is 3. The summed E-state index contributed by atoms with van der Waals surface area (Å²) in [6.45, 7) is 1.94. The summed E-state index contributed by atoms with van der Waals surface area (Å²) in [5.74, 6) is 0.573. The average molecular weight is 358 g/mol. The topological polar surface area (TPSA) is 88.2 Å². The fraction of sp³-hybridized carbons (Fsp3) is 0.444. The zero-order chi connectivity index (χ0) is 18.5. The molecule has 0 aromatic carbocycles. The third-order valence-electron chi connectivity index (χ3n) is 4.67. The van der Waals surface area contributed by atoms with Crippen molar-refractivity contribution in [2.24, 2.45) is 0 Å². The summed E-state index contributed by atoms with van der Waals surface area (Å²) in [7, 11) is 2.04. The molecule has 1 aliphatic heterocycles. The number of amides is 1. The van der Waals surface area contributed by atoms with Crippen molar-refractivity contribution < 1.29 is 9.18 Å². The number of likely N-dealkylation sites (tertiary alicyclic amines) is 1. The minimum atomic E-state index is -0.442. The number of hydrogen-bond acceptors (Lipinski definition) is 6. The molecule has 3 rings (SSSR count). The fourth-order valence-electron chi connectivity index (χ4n) is 3.23. The number of carbonyl (C=O) groups excluding carboxylic acids is 1. The van der Waals surface area contributed by atoms with Gasteiger partial charge in [0.15, 0.2) is 0 Å². The molecule has 0 bridgehead atoms. The van der Waals surface area contributed by atoms with Crippen molar-refractivity contribution in [2.75, 3.05) is 25.9 Å². The average Bonchev–Trinajstić information content (AvgIpc) is 2.88. The van der Waals surface area contributed by atoms with Crippen molar-refractivity contribution >= 4 is 11.7 Å². The summed E-state index contributed by atoms with van der Waals surface area (Å²) in [6.07, 6.45) is 5.48. The molecular weight excluding hydrogens is 335 g/mol. The van der Waals surface area contributed by atoms with Gasteiger partial charge in [-0.25, -0.2) is 19.3 Å². The summed E-state index contributed by atoms with van der Waals surface area (Å²) < 4.78 is 13.0. The second-order valence-electron chi connectivity index (χ2n) is 6.55. The van der Waals surface area contributed by atoms with Crippen LogP contribution in [0.15, 0.2) is 30.6 Å². The van der Waals surface area contributed by atoms with Gasteiger partial charge in [-0.05, 0) is 44.5 Å². The lowest BCUT2D eigenvalue weighted by Gasteiger charge is -2.26. The van der Waals surface area contributed by atoms with Crippen LogP contribution in [-0.4, -0.2) is 56.8 Å². The van der Waals surface area contributed by atoms with Gasteiger partial charge in [-0.3, -0.25) is 9.69 Å². The summed E-state index contributed by atoms with van der Waals surface area (Å²) >= 11 is 0. The Hall–Kier alpha value is -2.61. The normalized spacial score (nSPS) is 18.0. The van der Waals surface area contributed by atoms with Crippen molar-refractivity contribution in [3.63, 3.8) is 0 Å². The quantitative estimate of drug-likeness (QED) is 0.895. The van der Waals surface area contributed by atoms with Gasteiger partial charge in [0.05, 0.1) is 12.7 Å². The summed E-state index contributed by atoms with van der Waals surface area (Å²) in [6, 6.07) is 4.70. The van der Waals surface area contributed by atoms with Crippen LogP contribution >= 0.6 is 0 Å². The maximum absolute atomic E-state index is 13.0. The Bertz CT molecular complexity index is 754. The molecule has 1 unspecified atom stereocenters. The van der Waals surface area contributed by atoms with Crippen LogP contribution in [0.3, 0.4) is 0 Å². The predicted molar refractivity (Wildman–Crippen MR) is 95.6 cm³/mol. The summed E-state index contributed by atoms with van der Waals surface area (Å²) in [5, 5.41) is 0. The Labute approximate surface area is 152 Å². The Morgan fingerprint density at radius 1 is 1.31 bits per heavy atom. The van der Waals surface area contributed by atoms with Gasteiger partial charge in [0.2, 0.25) is 0 Å². The van der Waals surface area contributed by atoms with Crippen LogP contribution in [0.5, 0.6) is 0 Å². The van der Waals surface area contributed by atoms with Gasteiger partial charge < -0.3 is 10.6 Å². The molecule has 138 valence electrons. The standard InChI is InChI=1S/C18H23FN6O/c1-24(12-17-21-8-6-16(20)23-17)14-3-2-9-25(10-7-14)18(26)15-5-4-13(19)11-22-15/h4-6,8,11,14H,2-3,7,9-10,12H2,1H3,(H2,20,21,23). The maximum Gasteiger partial charge on any atom is 0.272 e. The number of nitrogen functional groups attached to an aromatic ring is 1. The zero-order valence-corrected chi connectivity index (χ0v) is 14.8. The Kier molecular flexibility index (Phi) is 5.72. The predicted octanol–water partition coefficient (Wildman–Crippen LogP) is 1.72. The van der Waals surface area contributed by atoms with E-state index in [1.54, 1.807) is 17.2 Å². The van der Waals surface area contributed by atoms with Crippen LogP contribution in [0.4, 0.5) is 10.2 Å². The second kappa shape index (κ2) is 8.18. The first-order chi connectivity index (χ1) is 12.5. The van der Waals surface area contributed by atoms with E-state index in [9.17, 15) is 9.18 Å². The lowest BCUT2D eigenvalue weighted by Crippen LogP contribution is -2.35. The van der Waals surface area contributed by atoms with E-state index in [4.69, 9.17) is 5.73 Å². The van der Waals surface area contributed by atoms with E-state index in [2.05, 4.69) is 19.9 Å². The molecule has 26 heavy (non-hydrogen) atoms. The minimum Gasteiger partial charge on any atom is -0.384 e. The molecule has 3 heterocycles. The first kappa shape index (κ1) is 18.2. The van der Waals surface area contributed by atoms with Crippen LogP contribution in [0.2, 0.25) is 0 Å². The first-order valence-corrected chi connectivity index (χ1v) is 8.71. The lowest BCUT2D eigenvalue weighted by molar-refractivity contribution is 0.0751. The first-order valence-electron chi connectivity index (χ1n) is 8.71. The number of anilines is 1. The molecule has 1 aliphatic rings. The van der Waals surface area contributed by atoms with Crippen LogP contribution in [0.1, 0.15) is 35.6 Å². The Balaban J connectivity index is 1.59. The van der Waals surface area contributed by atoms with E-state index < -0.39 is 5.82 Å². The number of carbonyl (C=O) groups is 1. The fourth-order valence-corrected chi connectivity index (χ4v) is 3.23. The molecule has 0 radical (unpaired) electrons. The van der Waals surface area contributed by atoms with Crippen LogP contribution in [-0.2, 0) is 6.54 Å². The largest absolute Gasteiger partial charge is 0.384 e. The maximum atomic E-state index is 13.0. The molecule has 2 aromatic rings. The number of halogens is 1. The number of nitrogens with two attached hydrogens (primary N) is 1. The van der Waals surface area contributed by atoms with E-state index in [1.807, 2.05) is 7.05 Å². The van der Waals surface area contributed by atoms with Crippen molar-refractivity contribution in [2.45, 2.75) is 31.8 Å². The smallest absolute Gasteiger partial charge is 0.272 e. The van der Waals surface area contributed by atoms with E-state index in [1.165, 1.54) is 12.1 Å². The van der Waals surface area contributed by atoms with Crippen molar-refractivity contribution in [3.05, 3.63) is 47.9 Å². The molecule has 2 N–H and O–H groups in total. The van der Waals surface area contributed by atoms with Crippen molar-refractivity contribution in [3.8, 4) is 0 Å². The molecule has 0 aliphatic carbocycles. The van der Waals surface area contributed by atoms with Gasteiger partial charge in [-0.15, -0.1) is 0 Å². The van der Waals surface area contributed by atoms with Crippen molar-refractivity contribution in [1.82, 2.24) is 24.8 Å². The van der Waals surface area contributed by atoms with Crippen LogP contribution in [0, 0.1) is 5.82 Å².